The number of hydrogen-bond donors (Lipinski definition) is 2. The van der Waals surface area contributed by atoms with Gasteiger partial charge in [0.2, 0.25) is 0 Å². The van der Waals surface area contributed by atoms with E-state index in [1.54, 1.807) is 16.4 Å². The van der Waals surface area contributed by atoms with Crippen LogP contribution in [-0.2, 0) is 6.54 Å². The third-order valence-electron chi connectivity index (χ3n) is 3.64. The van der Waals surface area contributed by atoms with Gasteiger partial charge in [0.25, 0.3) is 5.56 Å². The molecule has 1 aliphatic heterocycles. The van der Waals surface area contributed by atoms with Crippen molar-refractivity contribution in [2.24, 2.45) is 0 Å². The van der Waals surface area contributed by atoms with E-state index in [0.29, 0.717) is 22.7 Å². The Morgan fingerprint density at radius 1 is 1.33 bits per heavy atom. The van der Waals surface area contributed by atoms with Crippen molar-refractivity contribution in [2.45, 2.75) is 24.5 Å². The lowest BCUT2D eigenvalue weighted by atomic mass is 10.4. The Kier molecular flexibility index (Phi) is 4.57. The van der Waals surface area contributed by atoms with Crippen LogP contribution in [0.3, 0.4) is 0 Å². The molecule has 0 radical (unpaired) electrons. The first kappa shape index (κ1) is 14.6. The summed E-state index contributed by atoms with van der Waals surface area (Å²) in [6.07, 6.45) is 4.06. The molecule has 0 unspecified atom stereocenters. The van der Waals surface area contributed by atoms with Crippen LogP contribution >= 0.6 is 11.8 Å². The van der Waals surface area contributed by atoms with Gasteiger partial charge in [-0.25, -0.2) is 9.67 Å². The second kappa shape index (κ2) is 6.59. The van der Waals surface area contributed by atoms with Gasteiger partial charge in [0, 0.05) is 12.3 Å². The highest BCUT2D eigenvalue weighted by Crippen LogP contribution is 2.16. The normalized spacial score (nSPS) is 16.0. The summed E-state index contributed by atoms with van der Waals surface area (Å²) < 4.78 is 1.56. The molecule has 1 aliphatic rings. The Bertz CT molecular complexity index is 662. The molecule has 21 heavy (non-hydrogen) atoms. The fraction of sp³-hybridized carbons (Fsp3) is 0.615. The lowest BCUT2D eigenvalue weighted by Gasteiger charge is -2.13. The molecule has 114 valence electrons. The van der Waals surface area contributed by atoms with Crippen molar-refractivity contribution in [1.29, 1.82) is 0 Å². The summed E-state index contributed by atoms with van der Waals surface area (Å²) in [6.45, 7) is 3.68. The number of hydrogen-bond acceptors (Lipinski definition) is 6. The number of H-pyrrole nitrogens is 1. The van der Waals surface area contributed by atoms with E-state index < -0.39 is 0 Å². The molecule has 0 spiro atoms. The number of aromatic amines is 1. The van der Waals surface area contributed by atoms with E-state index in [0.717, 1.165) is 12.3 Å². The zero-order valence-electron chi connectivity index (χ0n) is 11.8. The van der Waals surface area contributed by atoms with Gasteiger partial charge in [0.15, 0.2) is 10.8 Å². The summed E-state index contributed by atoms with van der Waals surface area (Å²) in [5.74, 6) is 0.905. The molecule has 0 aromatic carbocycles. The van der Waals surface area contributed by atoms with Crippen LogP contribution in [0.4, 0.5) is 0 Å². The number of aliphatic hydroxyl groups excluding tert-OH is 1. The van der Waals surface area contributed by atoms with Gasteiger partial charge in [0.05, 0.1) is 19.3 Å². The molecular formula is C13H19N5O2S. The van der Waals surface area contributed by atoms with Crippen LogP contribution < -0.4 is 5.56 Å². The van der Waals surface area contributed by atoms with E-state index in [9.17, 15) is 4.79 Å². The molecule has 0 atom stereocenters. The molecule has 3 rings (SSSR count). The van der Waals surface area contributed by atoms with Crippen LogP contribution in [0, 0.1) is 0 Å². The monoisotopic (exact) mass is 309 g/mol. The van der Waals surface area contributed by atoms with Crippen LogP contribution in [0.5, 0.6) is 0 Å². The minimum absolute atomic E-state index is 0.0251. The molecule has 0 aliphatic carbocycles. The van der Waals surface area contributed by atoms with Crippen molar-refractivity contribution in [1.82, 2.24) is 24.6 Å². The van der Waals surface area contributed by atoms with Crippen LogP contribution in [0.25, 0.3) is 11.0 Å². The Labute approximate surface area is 126 Å². The van der Waals surface area contributed by atoms with E-state index in [-0.39, 0.29) is 12.2 Å². The Morgan fingerprint density at radius 3 is 2.90 bits per heavy atom. The number of nitrogens with one attached hydrogen (secondary N) is 1. The van der Waals surface area contributed by atoms with Crippen molar-refractivity contribution in [3.05, 3.63) is 16.6 Å². The largest absolute Gasteiger partial charge is 0.394 e. The molecule has 8 heteroatoms. The van der Waals surface area contributed by atoms with Gasteiger partial charge in [-0.2, -0.15) is 5.10 Å². The van der Waals surface area contributed by atoms with Gasteiger partial charge < -0.3 is 15.0 Å². The lowest BCUT2D eigenvalue weighted by Crippen LogP contribution is -2.22. The first-order valence-electron chi connectivity index (χ1n) is 7.20. The second-order valence-corrected chi connectivity index (χ2v) is 6.18. The Balaban J connectivity index is 1.72. The van der Waals surface area contributed by atoms with Crippen molar-refractivity contribution in [3.8, 4) is 0 Å². The van der Waals surface area contributed by atoms with Gasteiger partial charge >= 0.3 is 0 Å². The van der Waals surface area contributed by atoms with Crippen molar-refractivity contribution in [3.63, 3.8) is 0 Å². The van der Waals surface area contributed by atoms with Crippen molar-refractivity contribution < 1.29 is 5.11 Å². The standard InChI is InChI=1S/C13H19N5O2S/c19-7-5-18-11-10(9-14-18)12(20)16-13(15-11)21-8-6-17-3-1-2-4-17/h9,19H,1-8H2,(H,15,16,20). The van der Waals surface area contributed by atoms with Crippen molar-refractivity contribution in [2.75, 3.05) is 32.0 Å². The molecule has 2 aromatic heterocycles. The smallest absolute Gasteiger partial charge is 0.262 e. The molecular weight excluding hydrogens is 290 g/mol. The fourth-order valence-electron chi connectivity index (χ4n) is 2.55. The molecule has 7 nitrogen and oxygen atoms in total. The van der Waals surface area contributed by atoms with Gasteiger partial charge in [-0.1, -0.05) is 11.8 Å². The summed E-state index contributed by atoms with van der Waals surface area (Å²) in [6, 6.07) is 0. The average Bonchev–Trinajstić information content (AvgIpc) is 3.10. The number of aliphatic hydroxyl groups is 1. The summed E-state index contributed by atoms with van der Waals surface area (Å²) in [5.41, 5.74) is 0.365. The number of likely N-dealkylation sites (tertiary alicyclic amines) is 1. The molecule has 3 heterocycles. The predicted octanol–water partition coefficient (Wildman–Crippen LogP) is 0.300. The number of fused-ring (bicyclic) bond motifs is 1. The van der Waals surface area contributed by atoms with E-state index in [1.165, 1.54) is 32.1 Å². The Morgan fingerprint density at radius 2 is 2.14 bits per heavy atom. The Hall–Kier alpha value is -1.38. The van der Waals surface area contributed by atoms with E-state index in [1.807, 2.05) is 0 Å². The van der Waals surface area contributed by atoms with Crippen LogP contribution in [0.15, 0.2) is 16.1 Å². The molecule has 1 saturated heterocycles. The third kappa shape index (κ3) is 3.28. The maximum absolute atomic E-state index is 12.0. The maximum atomic E-state index is 12.0. The predicted molar refractivity (Wildman–Crippen MR) is 81.6 cm³/mol. The van der Waals surface area contributed by atoms with Crippen LogP contribution in [-0.4, -0.2) is 61.7 Å². The molecule has 0 amide bonds. The topological polar surface area (TPSA) is 87.0 Å². The highest BCUT2D eigenvalue weighted by atomic mass is 32.2. The molecule has 0 saturated carbocycles. The number of thioether (sulfide) groups is 1. The van der Waals surface area contributed by atoms with Crippen LogP contribution in [0.2, 0.25) is 0 Å². The number of aromatic nitrogens is 4. The third-order valence-corrected chi connectivity index (χ3v) is 4.49. The number of nitrogens with zero attached hydrogens (tertiary/aromatic N) is 4. The highest BCUT2D eigenvalue weighted by molar-refractivity contribution is 7.99. The summed E-state index contributed by atoms with van der Waals surface area (Å²) >= 11 is 1.55. The first-order chi connectivity index (χ1) is 10.3. The quantitative estimate of drug-likeness (QED) is 0.589. The molecule has 1 fully saturated rings. The summed E-state index contributed by atoms with van der Waals surface area (Å²) in [7, 11) is 0. The van der Waals surface area contributed by atoms with E-state index >= 15 is 0 Å². The molecule has 2 N–H and O–H groups in total. The highest BCUT2D eigenvalue weighted by Gasteiger charge is 2.13. The maximum Gasteiger partial charge on any atom is 0.262 e. The first-order valence-corrected chi connectivity index (χ1v) is 8.18. The van der Waals surface area contributed by atoms with Crippen LogP contribution in [0.1, 0.15) is 12.8 Å². The zero-order valence-corrected chi connectivity index (χ0v) is 12.6. The minimum Gasteiger partial charge on any atom is -0.394 e. The SMILES string of the molecule is O=c1[nH]c(SCCN2CCCC2)nc2c1cnn2CCO. The van der Waals surface area contributed by atoms with Gasteiger partial charge in [-0.3, -0.25) is 4.79 Å². The van der Waals surface area contributed by atoms with Gasteiger partial charge in [-0.15, -0.1) is 0 Å². The van der Waals surface area contributed by atoms with Gasteiger partial charge in [0.1, 0.15) is 5.39 Å². The second-order valence-electron chi connectivity index (χ2n) is 5.10. The van der Waals surface area contributed by atoms with Gasteiger partial charge in [-0.05, 0) is 25.9 Å². The van der Waals surface area contributed by atoms with Crippen molar-refractivity contribution >= 4 is 22.8 Å². The number of rotatable bonds is 6. The average molecular weight is 309 g/mol. The van der Waals surface area contributed by atoms with E-state index in [2.05, 4.69) is 20.0 Å². The zero-order chi connectivity index (χ0) is 14.7. The van der Waals surface area contributed by atoms with E-state index in [4.69, 9.17) is 5.11 Å². The lowest BCUT2D eigenvalue weighted by molar-refractivity contribution is 0.271. The molecule has 0 bridgehead atoms. The summed E-state index contributed by atoms with van der Waals surface area (Å²) in [4.78, 5) is 21.7. The molecule has 2 aromatic rings. The summed E-state index contributed by atoms with van der Waals surface area (Å²) in [5, 5.41) is 14.2. The minimum atomic E-state index is -0.173. The fourth-order valence-corrected chi connectivity index (χ4v) is 3.41.